The number of imidazole rings is 1. The van der Waals surface area contributed by atoms with Gasteiger partial charge in [0, 0.05) is 43.6 Å². The van der Waals surface area contributed by atoms with Crippen LogP contribution in [0, 0.1) is 12.1 Å². The number of furan rings is 1. The van der Waals surface area contributed by atoms with Gasteiger partial charge in [-0.15, -0.1) is 54.1 Å². The summed E-state index contributed by atoms with van der Waals surface area (Å²) in [5, 5.41) is 2.16. The van der Waals surface area contributed by atoms with Crippen LogP contribution < -0.4 is 0 Å². The number of para-hydroxylation sites is 2. The summed E-state index contributed by atoms with van der Waals surface area (Å²) in [7, 11) is 0. The molecule has 0 fully saturated rings. The second kappa shape index (κ2) is 16.4. The van der Waals surface area contributed by atoms with E-state index < -0.39 is 0 Å². The fourth-order valence-electron chi connectivity index (χ4n) is 7.32. The van der Waals surface area contributed by atoms with Crippen molar-refractivity contribution in [2.24, 2.45) is 0 Å². The van der Waals surface area contributed by atoms with Crippen LogP contribution in [0.2, 0.25) is 0 Å². The van der Waals surface area contributed by atoms with E-state index in [1.807, 2.05) is 79.1 Å². The fraction of sp³-hybridized carbons (Fsp3) is 0.196. The Labute approximate surface area is 349 Å². The van der Waals surface area contributed by atoms with Crippen molar-refractivity contribution in [2.75, 3.05) is 0 Å². The summed E-state index contributed by atoms with van der Waals surface area (Å²) in [6.07, 6.45) is 3.85. The molecular weight excluding hydrogens is 877 g/mol. The summed E-state index contributed by atoms with van der Waals surface area (Å²) in [6.45, 7) is 15.6. The first-order chi connectivity index (χ1) is 27.1. The fourth-order valence-corrected chi connectivity index (χ4v) is 7.32. The first kappa shape index (κ1) is 39.6. The van der Waals surface area contributed by atoms with Crippen LogP contribution in [0.25, 0.3) is 72.6 Å². The molecule has 0 N–H and O–H groups in total. The van der Waals surface area contributed by atoms with E-state index >= 15 is 0 Å². The third-order valence-electron chi connectivity index (χ3n) is 10.3. The first-order valence-corrected chi connectivity index (χ1v) is 19.4. The molecule has 9 aromatic rings. The molecule has 0 saturated heterocycles. The number of hydrogen-bond donors (Lipinski definition) is 0. The number of rotatable bonds is 6. The molecule has 0 saturated carbocycles. The Morgan fingerprint density at radius 2 is 1.39 bits per heavy atom. The van der Waals surface area contributed by atoms with Gasteiger partial charge in [-0.2, -0.15) is 0 Å². The minimum absolute atomic E-state index is 0. The number of pyridine rings is 2. The molecule has 6 heteroatoms. The second-order valence-corrected chi connectivity index (χ2v) is 15.9. The van der Waals surface area contributed by atoms with Crippen LogP contribution in [0.3, 0.4) is 0 Å². The molecule has 4 aromatic heterocycles. The van der Waals surface area contributed by atoms with Crippen LogP contribution in [-0.4, -0.2) is 19.5 Å². The maximum absolute atomic E-state index is 6.45. The summed E-state index contributed by atoms with van der Waals surface area (Å²) >= 11 is 0. The zero-order chi connectivity index (χ0) is 39.0. The Hall–Kier alpha value is -5.68. The summed E-state index contributed by atoms with van der Waals surface area (Å²) in [4.78, 5) is 14.7. The molecule has 0 aliphatic carbocycles. The van der Waals surface area contributed by atoms with Gasteiger partial charge in [-0.3, -0.25) is 4.98 Å². The quantitative estimate of drug-likeness (QED) is 0.156. The zero-order valence-corrected chi connectivity index (χ0v) is 35.9. The van der Waals surface area contributed by atoms with Gasteiger partial charge in [-0.1, -0.05) is 132 Å². The van der Waals surface area contributed by atoms with Gasteiger partial charge in [0.15, 0.2) is 5.65 Å². The van der Waals surface area contributed by atoms with Crippen molar-refractivity contribution in [3.63, 3.8) is 0 Å². The van der Waals surface area contributed by atoms with E-state index in [9.17, 15) is 0 Å². The van der Waals surface area contributed by atoms with E-state index in [4.69, 9.17) is 14.4 Å². The van der Waals surface area contributed by atoms with E-state index in [2.05, 4.69) is 131 Å². The van der Waals surface area contributed by atoms with Gasteiger partial charge < -0.3 is 14.0 Å². The topological polar surface area (TPSA) is 56.7 Å². The molecule has 0 unspecified atom stereocenters. The maximum atomic E-state index is 6.45. The van der Waals surface area contributed by atoms with E-state index in [0.29, 0.717) is 11.8 Å². The molecule has 4 heterocycles. The Balaban J connectivity index is 0.000000219. The molecule has 0 aliphatic rings. The van der Waals surface area contributed by atoms with Crippen LogP contribution >= 0.6 is 0 Å². The molecule has 1 radical (unpaired) electrons. The smallest absolute Gasteiger partial charge is 0.155 e. The van der Waals surface area contributed by atoms with E-state index in [1.54, 1.807) is 0 Å². The van der Waals surface area contributed by atoms with E-state index in [-0.39, 0.29) is 25.5 Å². The predicted octanol–water partition coefficient (Wildman–Crippen LogP) is 13.5. The van der Waals surface area contributed by atoms with Gasteiger partial charge in [0.05, 0.1) is 16.9 Å². The number of nitrogens with zero attached hydrogens (tertiary/aromatic N) is 4. The number of benzene rings is 5. The van der Waals surface area contributed by atoms with Crippen molar-refractivity contribution in [2.45, 2.75) is 65.7 Å². The Morgan fingerprint density at radius 3 is 2.09 bits per heavy atom. The van der Waals surface area contributed by atoms with Crippen molar-refractivity contribution in [1.82, 2.24) is 19.5 Å². The van der Waals surface area contributed by atoms with E-state index in [1.165, 1.54) is 22.3 Å². The molecule has 0 aliphatic heterocycles. The summed E-state index contributed by atoms with van der Waals surface area (Å²) < 4.78 is 8.71. The summed E-state index contributed by atoms with van der Waals surface area (Å²) in [5.74, 6) is 1.46. The van der Waals surface area contributed by atoms with Gasteiger partial charge in [0.1, 0.15) is 5.58 Å². The SMILES string of the molecule is CC(C)c1cccc(C(C)C)c1-n1c(-c2[c-]ccc3c2oc2ccccc23)nc2cc(C(C)(C)C)cnc21.[Ir].[c-]1ccccc1-c1cc(-c2ccccc2)ccn1. The van der Waals surface area contributed by atoms with Gasteiger partial charge in [0.25, 0.3) is 0 Å². The average Bonchev–Trinajstić information content (AvgIpc) is 3.79. The molecule has 0 spiro atoms. The Bertz CT molecular complexity index is 2710. The van der Waals surface area contributed by atoms with Crippen LogP contribution in [0.5, 0.6) is 0 Å². The van der Waals surface area contributed by atoms with Crippen molar-refractivity contribution < 1.29 is 24.5 Å². The van der Waals surface area contributed by atoms with Crippen molar-refractivity contribution in [3.8, 4) is 39.5 Å². The van der Waals surface area contributed by atoms with E-state index in [0.717, 1.165) is 67.0 Å². The van der Waals surface area contributed by atoms with Crippen LogP contribution in [-0.2, 0) is 25.5 Å². The molecular formula is C51H46IrN4O-2. The largest absolute Gasteiger partial charge is 0.501 e. The minimum atomic E-state index is -0.0328. The standard InChI is InChI=1S/C34H34N3O.C17H12N.Ir/c1-20(2)23-13-10-14-24(21(3)4)30(23)37-32(36-28-18-22(34(5,6)7)19-35-33(28)37)27-16-11-15-26-25-12-8-9-17-29(25)38-31(26)27;1-3-7-14(8-4-1)16-11-12-18-17(13-16)15-9-5-2-6-10-15;/h8-15,17-21H,1-7H3;1-9,11-13H;/q2*-1;. The Morgan fingerprint density at radius 1 is 0.667 bits per heavy atom. The zero-order valence-electron chi connectivity index (χ0n) is 33.5. The van der Waals surface area contributed by atoms with Crippen molar-refractivity contribution in [3.05, 3.63) is 169 Å². The molecule has 0 bridgehead atoms. The molecule has 57 heavy (non-hydrogen) atoms. The third-order valence-corrected chi connectivity index (χ3v) is 10.3. The minimum Gasteiger partial charge on any atom is -0.501 e. The summed E-state index contributed by atoms with van der Waals surface area (Å²) in [5.41, 5.74) is 13.4. The van der Waals surface area contributed by atoms with Crippen LogP contribution in [0.15, 0.2) is 144 Å². The number of aromatic nitrogens is 4. The normalized spacial score (nSPS) is 11.6. The predicted molar refractivity (Wildman–Crippen MR) is 231 cm³/mol. The Kier molecular flexibility index (Phi) is 11.4. The first-order valence-electron chi connectivity index (χ1n) is 19.4. The molecule has 5 aromatic carbocycles. The summed E-state index contributed by atoms with van der Waals surface area (Å²) in [6, 6.07) is 50.1. The third kappa shape index (κ3) is 7.85. The number of fused-ring (bicyclic) bond motifs is 4. The average molecular weight is 923 g/mol. The maximum Gasteiger partial charge on any atom is 0.155 e. The van der Waals surface area contributed by atoms with Crippen molar-refractivity contribution in [1.29, 1.82) is 0 Å². The van der Waals surface area contributed by atoms with Crippen molar-refractivity contribution >= 4 is 33.1 Å². The van der Waals surface area contributed by atoms with Gasteiger partial charge >= 0.3 is 0 Å². The van der Waals surface area contributed by atoms with Gasteiger partial charge in [-0.25, -0.2) is 4.98 Å². The molecule has 9 rings (SSSR count). The van der Waals surface area contributed by atoms with Crippen LogP contribution in [0.1, 0.15) is 77.0 Å². The van der Waals surface area contributed by atoms with Gasteiger partial charge in [0.2, 0.25) is 0 Å². The monoisotopic (exact) mass is 923 g/mol. The molecule has 287 valence electrons. The molecule has 0 amide bonds. The molecule has 5 nitrogen and oxygen atoms in total. The number of hydrogen-bond acceptors (Lipinski definition) is 4. The van der Waals surface area contributed by atoms with Gasteiger partial charge in [-0.05, 0) is 69.0 Å². The second-order valence-electron chi connectivity index (χ2n) is 15.9. The molecule has 0 atom stereocenters. The van der Waals surface area contributed by atoms with Crippen LogP contribution in [0.4, 0.5) is 0 Å².